The van der Waals surface area contributed by atoms with Crippen molar-refractivity contribution >= 4 is 15.9 Å². The van der Waals surface area contributed by atoms with Gasteiger partial charge in [0.2, 0.25) is 15.9 Å². The van der Waals surface area contributed by atoms with Crippen molar-refractivity contribution in [2.24, 2.45) is 0 Å². The molecule has 0 aliphatic carbocycles. The van der Waals surface area contributed by atoms with Crippen molar-refractivity contribution in [3.8, 4) is 5.75 Å². The van der Waals surface area contributed by atoms with Gasteiger partial charge in [-0.3, -0.25) is 4.79 Å². The maximum Gasteiger partial charge on any atom is 0.241 e. The second-order valence-electron chi connectivity index (χ2n) is 5.33. The van der Waals surface area contributed by atoms with Crippen molar-refractivity contribution in [3.05, 3.63) is 23.8 Å². The fraction of sp³-hybridized carbons (Fsp3) is 0.500. The molecule has 0 radical (unpaired) electrons. The molecular formula is C14H18N2O4S. The van der Waals surface area contributed by atoms with Crippen molar-refractivity contribution in [2.75, 3.05) is 13.2 Å². The Labute approximate surface area is 123 Å². The zero-order chi connectivity index (χ0) is 14.9. The molecule has 0 bridgehead atoms. The summed E-state index contributed by atoms with van der Waals surface area (Å²) in [5.41, 5.74) is 0.892. The van der Waals surface area contributed by atoms with E-state index in [0.717, 1.165) is 24.2 Å². The Morgan fingerprint density at radius 2 is 2.14 bits per heavy atom. The highest BCUT2D eigenvalue weighted by molar-refractivity contribution is 7.89. The summed E-state index contributed by atoms with van der Waals surface area (Å²) in [6.07, 6.45) is 2.94. The lowest BCUT2D eigenvalue weighted by molar-refractivity contribution is -0.122. The van der Waals surface area contributed by atoms with Gasteiger partial charge in [0.1, 0.15) is 11.8 Å². The fourth-order valence-corrected chi connectivity index (χ4v) is 3.92. The summed E-state index contributed by atoms with van der Waals surface area (Å²) in [6, 6.07) is 4.12. The van der Waals surface area contributed by atoms with E-state index in [0.29, 0.717) is 26.0 Å². The number of amides is 1. The molecule has 1 saturated heterocycles. The second kappa shape index (κ2) is 5.65. The van der Waals surface area contributed by atoms with E-state index >= 15 is 0 Å². The first-order valence-electron chi connectivity index (χ1n) is 7.12. The minimum atomic E-state index is -3.70. The quantitative estimate of drug-likeness (QED) is 0.855. The SMILES string of the molecule is O=C1NCCCC[C@@H]1NS(=O)(=O)c1ccc2c(c1)CCO2. The van der Waals surface area contributed by atoms with E-state index in [9.17, 15) is 13.2 Å². The van der Waals surface area contributed by atoms with Crippen LogP contribution in [0.2, 0.25) is 0 Å². The molecule has 0 aromatic heterocycles. The Bertz CT molecular complexity index is 657. The molecule has 3 rings (SSSR count). The molecular weight excluding hydrogens is 292 g/mol. The Morgan fingerprint density at radius 3 is 3.00 bits per heavy atom. The second-order valence-corrected chi connectivity index (χ2v) is 7.04. The molecule has 114 valence electrons. The first kappa shape index (κ1) is 14.3. The topological polar surface area (TPSA) is 84.5 Å². The number of hydrogen-bond acceptors (Lipinski definition) is 4. The van der Waals surface area contributed by atoms with Gasteiger partial charge < -0.3 is 10.1 Å². The molecule has 2 aliphatic heterocycles. The summed E-state index contributed by atoms with van der Waals surface area (Å²) in [4.78, 5) is 12.0. The fourth-order valence-electron chi connectivity index (χ4n) is 2.64. The summed E-state index contributed by atoms with van der Waals surface area (Å²) < 4.78 is 32.7. The van der Waals surface area contributed by atoms with Gasteiger partial charge in [0.05, 0.1) is 11.5 Å². The average Bonchev–Trinajstić information content (AvgIpc) is 2.84. The van der Waals surface area contributed by atoms with Crippen LogP contribution in [0.4, 0.5) is 0 Å². The van der Waals surface area contributed by atoms with Gasteiger partial charge in [-0.1, -0.05) is 0 Å². The molecule has 0 saturated carbocycles. The molecule has 0 unspecified atom stereocenters. The number of sulfonamides is 1. The monoisotopic (exact) mass is 310 g/mol. The average molecular weight is 310 g/mol. The molecule has 2 aliphatic rings. The van der Waals surface area contributed by atoms with E-state index in [1.807, 2.05) is 0 Å². The van der Waals surface area contributed by atoms with Crippen molar-refractivity contribution in [1.29, 1.82) is 0 Å². The van der Waals surface area contributed by atoms with Crippen molar-refractivity contribution in [2.45, 2.75) is 36.6 Å². The molecule has 1 atom stereocenters. The number of nitrogens with one attached hydrogen (secondary N) is 2. The maximum atomic E-state index is 12.4. The van der Waals surface area contributed by atoms with Gasteiger partial charge in [-0.25, -0.2) is 8.42 Å². The molecule has 21 heavy (non-hydrogen) atoms. The van der Waals surface area contributed by atoms with Crippen LogP contribution in [0.25, 0.3) is 0 Å². The van der Waals surface area contributed by atoms with Gasteiger partial charge >= 0.3 is 0 Å². The van der Waals surface area contributed by atoms with E-state index in [1.165, 1.54) is 6.07 Å². The highest BCUT2D eigenvalue weighted by Gasteiger charge is 2.27. The molecule has 1 aromatic rings. The van der Waals surface area contributed by atoms with Crippen LogP contribution in [0, 0.1) is 0 Å². The Morgan fingerprint density at radius 1 is 1.29 bits per heavy atom. The number of carbonyl (C=O) groups is 1. The van der Waals surface area contributed by atoms with Gasteiger partial charge in [-0.05, 0) is 43.0 Å². The standard InChI is InChI=1S/C14H18N2O4S/c17-14-12(3-1-2-7-15-14)16-21(18,19)11-4-5-13-10(9-11)6-8-20-13/h4-5,9,12,16H,1-3,6-8H2,(H,15,17)/t12-/m0/s1. The van der Waals surface area contributed by atoms with Gasteiger partial charge in [0.15, 0.2) is 0 Å². The van der Waals surface area contributed by atoms with Crippen LogP contribution < -0.4 is 14.8 Å². The highest BCUT2D eigenvalue weighted by Crippen LogP contribution is 2.27. The van der Waals surface area contributed by atoms with Crippen molar-refractivity contribution in [1.82, 2.24) is 10.0 Å². The van der Waals surface area contributed by atoms with E-state index in [-0.39, 0.29) is 10.8 Å². The molecule has 2 N–H and O–H groups in total. The van der Waals surface area contributed by atoms with E-state index in [1.54, 1.807) is 12.1 Å². The number of ether oxygens (including phenoxy) is 1. The van der Waals surface area contributed by atoms with Crippen LogP contribution in [0.1, 0.15) is 24.8 Å². The summed E-state index contributed by atoms with van der Waals surface area (Å²) in [6.45, 7) is 1.19. The normalized spacial score (nSPS) is 22.1. The molecule has 1 amide bonds. The van der Waals surface area contributed by atoms with Crippen LogP contribution >= 0.6 is 0 Å². The Kier molecular flexibility index (Phi) is 3.86. The molecule has 1 aromatic carbocycles. The summed E-state index contributed by atoms with van der Waals surface area (Å²) in [5.74, 6) is 0.488. The third kappa shape index (κ3) is 3.03. The molecule has 2 heterocycles. The minimum absolute atomic E-state index is 0.184. The molecule has 0 spiro atoms. The van der Waals surface area contributed by atoms with Gasteiger partial charge in [-0.15, -0.1) is 0 Å². The van der Waals surface area contributed by atoms with Crippen LogP contribution in [0.15, 0.2) is 23.1 Å². The lowest BCUT2D eigenvalue weighted by atomic mass is 10.1. The number of rotatable bonds is 3. The zero-order valence-corrected chi connectivity index (χ0v) is 12.4. The van der Waals surface area contributed by atoms with Gasteiger partial charge in [0.25, 0.3) is 0 Å². The number of hydrogen-bond donors (Lipinski definition) is 2. The van der Waals surface area contributed by atoms with E-state index in [2.05, 4.69) is 10.0 Å². The van der Waals surface area contributed by atoms with Crippen LogP contribution in [0.5, 0.6) is 5.75 Å². The Balaban J connectivity index is 1.81. The predicted octanol–water partition coefficient (Wildman–Crippen LogP) is 0.568. The largest absolute Gasteiger partial charge is 0.493 e. The van der Waals surface area contributed by atoms with E-state index < -0.39 is 16.1 Å². The molecule has 1 fully saturated rings. The third-order valence-corrected chi connectivity index (χ3v) is 5.27. The third-order valence-electron chi connectivity index (χ3n) is 3.80. The zero-order valence-electron chi connectivity index (χ0n) is 11.6. The van der Waals surface area contributed by atoms with Crippen LogP contribution in [0.3, 0.4) is 0 Å². The van der Waals surface area contributed by atoms with Crippen molar-refractivity contribution < 1.29 is 17.9 Å². The summed E-state index contributed by atoms with van der Waals surface area (Å²) in [5, 5.41) is 2.72. The summed E-state index contributed by atoms with van der Waals surface area (Å²) in [7, 11) is -3.70. The lowest BCUT2D eigenvalue weighted by Crippen LogP contribution is -2.45. The Hall–Kier alpha value is -1.60. The lowest BCUT2D eigenvalue weighted by Gasteiger charge is -2.15. The first-order valence-corrected chi connectivity index (χ1v) is 8.60. The summed E-state index contributed by atoms with van der Waals surface area (Å²) >= 11 is 0. The number of fused-ring (bicyclic) bond motifs is 1. The molecule has 7 heteroatoms. The predicted molar refractivity (Wildman–Crippen MR) is 76.6 cm³/mol. The molecule has 6 nitrogen and oxygen atoms in total. The first-order chi connectivity index (χ1) is 10.1. The smallest absolute Gasteiger partial charge is 0.241 e. The number of benzene rings is 1. The minimum Gasteiger partial charge on any atom is -0.493 e. The van der Waals surface area contributed by atoms with Crippen LogP contribution in [-0.2, 0) is 21.2 Å². The maximum absolute atomic E-state index is 12.4. The number of carbonyl (C=O) groups excluding carboxylic acids is 1. The highest BCUT2D eigenvalue weighted by atomic mass is 32.2. The van der Waals surface area contributed by atoms with Gasteiger partial charge in [0, 0.05) is 13.0 Å². The van der Waals surface area contributed by atoms with Gasteiger partial charge in [-0.2, -0.15) is 4.72 Å². The van der Waals surface area contributed by atoms with E-state index in [4.69, 9.17) is 4.74 Å². The van der Waals surface area contributed by atoms with Crippen molar-refractivity contribution in [3.63, 3.8) is 0 Å². The van der Waals surface area contributed by atoms with Crippen LogP contribution in [-0.4, -0.2) is 33.5 Å².